The van der Waals surface area contributed by atoms with Crippen LogP contribution in [-0.2, 0) is 0 Å². The topological polar surface area (TPSA) is 55.6 Å². The van der Waals surface area contributed by atoms with Crippen molar-refractivity contribution in [2.24, 2.45) is 0 Å². The van der Waals surface area contributed by atoms with Crippen molar-refractivity contribution in [1.29, 1.82) is 0 Å². The highest BCUT2D eigenvalue weighted by Gasteiger charge is 2.10. The molecule has 0 saturated heterocycles. The van der Waals surface area contributed by atoms with Gasteiger partial charge in [-0.1, -0.05) is 11.6 Å². The van der Waals surface area contributed by atoms with Crippen LogP contribution >= 0.6 is 11.6 Å². The first kappa shape index (κ1) is 10.9. The van der Waals surface area contributed by atoms with Gasteiger partial charge in [0.25, 0.3) is 0 Å². The van der Waals surface area contributed by atoms with Crippen LogP contribution in [0.15, 0.2) is 12.5 Å². The summed E-state index contributed by atoms with van der Waals surface area (Å²) < 4.78 is 1.66. The van der Waals surface area contributed by atoms with E-state index in [4.69, 9.17) is 11.6 Å². The smallest absolute Gasteiger partial charge is 0.161 e. The van der Waals surface area contributed by atoms with Crippen molar-refractivity contribution >= 4 is 17.4 Å². The van der Waals surface area contributed by atoms with Crippen LogP contribution in [0.1, 0.15) is 11.3 Å². The minimum atomic E-state index is 0.629. The fourth-order valence-corrected chi connectivity index (χ4v) is 1.60. The predicted molar refractivity (Wildman–Crippen MR) is 63.2 cm³/mol. The molecule has 0 aliphatic heterocycles. The first-order valence-electron chi connectivity index (χ1n) is 4.85. The van der Waals surface area contributed by atoms with Crippen LogP contribution in [-0.4, -0.2) is 26.8 Å². The maximum absolute atomic E-state index is 5.96. The van der Waals surface area contributed by atoms with E-state index in [1.54, 1.807) is 10.9 Å². The van der Waals surface area contributed by atoms with Gasteiger partial charge in [0.2, 0.25) is 0 Å². The summed E-state index contributed by atoms with van der Waals surface area (Å²) in [6, 6.07) is 0. The van der Waals surface area contributed by atoms with Gasteiger partial charge in [-0.15, -0.1) is 0 Å². The average Bonchev–Trinajstić information content (AvgIpc) is 2.59. The van der Waals surface area contributed by atoms with Gasteiger partial charge >= 0.3 is 0 Å². The predicted octanol–water partition coefficient (Wildman–Crippen LogP) is 1.97. The lowest BCUT2D eigenvalue weighted by Gasteiger charge is -2.07. The summed E-state index contributed by atoms with van der Waals surface area (Å²) in [6.45, 7) is 3.79. The fraction of sp³-hybridized carbons (Fsp3) is 0.300. The molecule has 5 nitrogen and oxygen atoms in total. The van der Waals surface area contributed by atoms with Crippen molar-refractivity contribution in [2.45, 2.75) is 13.8 Å². The molecule has 2 aromatic heterocycles. The molecule has 2 aromatic rings. The number of nitrogens with zero attached hydrogens (tertiary/aromatic N) is 4. The molecule has 0 radical (unpaired) electrons. The van der Waals surface area contributed by atoms with Gasteiger partial charge in [0.15, 0.2) is 5.82 Å². The van der Waals surface area contributed by atoms with Crippen molar-refractivity contribution < 1.29 is 0 Å². The van der Waals surface area contributed by atoms with Crippen molar-refractivity contribution in [3.63, 3.8) is 0 Å². The van der Waals surface area contributed by atoms with E-state index in [9.17, 15) is 0 Å². The molecule has 0 amide bonds. The second-order valence-corrected chi connectivity index (χ2v) is 3.84. The summed E-state index contributed by atoms with van der Waals surface area (Å²) in [5.41, 5.74) is 1.72. The zero-order chi connectivity index (χ0) is 11.7. The Bertz CT molecular complexity index is 500. The summed E-state index contributed by atoms with van der Waals surface area (Å²) in [7, 11) is 1.82. The van der Waals surface area contributed by atoms with Crippen LogP contribution in [0.3, 0.4) is 0 Å². The number of halogens is 1. The Morgan fingerprint density at radius 2 is 2.06 bits per heavy atom. The minimum absolute atomic E-state index is 0.629. The summed E-state index contributed by atoms with van der Waals surface area (Å²) in [6.07, 6.45) is 3.24. The number of hydrogen-bond donors (Lipinski definition) is 1. The molecule has 0 aromatic carbocycles. The Hall–Kier alpha value is -1.62. The van der Waals surface area contributed by atoms with Gasteiger partial charge < -0.3 is 5.32 Å². The number of aromatic nitrogens is 4. The molecule has 0 spiro atoms. The molecule has 2 rings (SSSR count). The van der Waals surface area contributed by atoms with Crippen molar-refractivity contribution in [1.82, 2.24) is 19.7 Å². The highest BCUT2D eigenvalue weighted by molar-refractivity contribution is 6.31. The van der Waals surface area contributed by atoms with E-state index >= 15 is 0 Å². The van der Waals surface area contributed by atoms with Crippen LogP contribution in [0.2, 0.25) is 5.02 Å². The summed E-state index contributed by atoms with van der Waals surface area (Å²) >= 11 is 5.96. The maximum atomic E-state index is 5.96. The van der Waals surface area contributed by atoms with Gasteiger partial charge in [-0.2, -0.15) is 5.10 Å². The first-order valence-corrected chi connectivity index (χ1v) is 5.22. The Balaban J connectivity index is 2.55. The van der Waals surface area contributed by atoms with Crippen LogP contribution in [0, 0.1) is 13.8 Å². The molecule has 0 saturated carbocycles. The normalized spacial score (nSPS) is 10.5. The van der Waals surface area contributed by atoms with E-state index in [2.05, 4.69) is 20.4 Å². The molecule has 16 heavy (non-hydrogen) atoms. The third-order valence-electron chi connectivity index (χ3n) is 2.35. The van der Waals surface area contributed by atoms with Gasteiger partial charge in [-0.05, 0) is 13.8 Å². The molecular weight excluding hydrogens is 226 g/mol. The van der Waals surface area contributed by atoms with Crippen LogP contribution in [0.25, 0.3) is 5.82 Å². The molecule has 0 aliphatic carbocycles. The first-order chi connectivity index (χ1) is 7.63. The molecule has 6 heteroatoms. The third-order valence-corrected chi connectivity index (χ3v) is 2.72. The second kappa shape index (κ2) is 4.09. The lowest BCUT2D eigenvalue weighted by molar-refractivity contribution is 0.817. The second-order valence-electron chi connectivity index (χ2n) is 3.43. The number of hydrogen-bond acceptors (Lipinski definition) is 4. The quantitative estimate of drug-likeness (QED) is 0.868. The molecule has 1 N–H and O–H groups in total. The van der Waals surface area contributed by atoms with Gasteiger partial charge in [0, 0.05) is 12.6 Å². The zero-order valence-corrected chi connectivity index (χ0v) is 10.1. The SMILES string of the molecule is CNc1ncnc(-n2cc(Cl)c(C)n2)c1C. The molecule has 0 unspecified atom stereocenters. The van der Waals surface area contributed by atoms with Crippen LogP contribution in [0.4, 0.5) is 5.82 Å². The summed E-state index contributed by atoms with van der Waals surface area (Å²) in [5.74, 6) is 1.52. The van der Waals surface area contributed by atoms with Gasteiger partial charge in [0.05, 0.1) is 16.9 Å². The molecule has 0 fully saturated rings. The van der Waals surface area contributed by atoms with E-state index in [-0.39, 0.29) is 0 Å². The minimum Gasteiger partial charge on any atom is -0.373 e. The molecular formula is C10H12ClN5. The van der Waals surface area contributed by atoms with E-state index in [0.717, 1.165) is 22.9 Å². The van der Waals surface area contributed by atoms with Crippen molar-refractivity contribution in [3.8, 4) is 5.82 Å². The van der Waals surface area contributed by atoms with E-state index < -0.39 is 0 Å². The van der Waals surface area contributed by atoms with E-state index in [1.807, 2.05) is 20.9 Å². The number of aryl methyl sites for hydroxylation is 1. The highest BCUT2D eigenvalue weighted by atomic mass is 35.5. The molecule has 2 heterocycles. The van der Waals surface area contributed by atoms with E-state index in [0.29, 0.717) is 5.02 Å². The van der Waals surface area contributed by atoms with Gasteiger partial charge in [0.1, 0.15) is 12.1 Å². The van der Waals surface area contributed by atoms with Crippen LogP contribution < -0.4 is 5.32 Å². The van der Waals surface area contributed by atoms with Gasteiger partial charge in [-0.3, -0.25) is 0 Å². The van der Waals surface area contributed by atoms with Crippen molar-refractivity contribution in [3.05, 3.63) is 28.8 Å². The zero-order valence-electron chi connectivity index (χ0n) is 9.32. The van der Waals surface area contributed by atoms with Crippen molar-refractivity contribution in [2.75, 3.05) is 12.4 Å². The Labute approximate surface area is 98.5 Å². The fourth-order valence-electron chi connectivity index (χ4n) is 1.47. The lowest BCUT2D eigenvalue weighted by Crippen LogP contribution is -2.05. The van der Waals surface area contributed by atoms with E-state index in [1.165, 1.54) is 6.33 Å². The standard InChI is InChI=1S/C10H12ClN5/c1-6-9(12-3)13-5-14-10(6)16-4-8(11)7(2)15-16/h4-5H,1-3H3,(H,12,13,14). The van der Waals surface area contributed by atoms with Crippen LogP contribution in [0.5, 0.6) is 0 Å². The molecule has 0 atom stereocenters. The lowest BCUT2D eigenvalue weighted by atomic mass is 10.3. The largest absolute Gasteiger partial charge is 0.373 e. The summed E-state index contributed by atoms with van der Waals surface area (Å²) in [4.78, 5) is 8.32. The molecule has 0 aliphatic rings. The number of nitrogens with one attached hydrogen (secondary N) is 1. The Kier molecular flexibility index (Phi) is 2.78. The molecule has 84 valence electrons. The summed E-state index contributed by atoms with van der Waals surface area (Å²) in [5, 5.41) is 7.91. The third kappa shape index (κ3) is 1.74. The Morgan fingerprint density at radius 3 is 2.62 bits per heavy atom. The average molecular weight is 238 g/mol. The number of rotatable bonds is 2. The monoisotopic (exact) mass is 237 g/mol. The number of anilines is 1. The Morgan fingerprint density at radius 1 is 1.31 bits per heavy atom. The molecule has 0 bridgehead atoms. The van der Waals surface area contributed by atoms with Gasteiger partial charge in [-0.25, -0.2) is 14.6 Å². The highest BCUT2D eigenvalue weighted by Crippen LogP contribution is 2.20. The maximum Gasteiger partial charge on any atom is 0.161 e.